The summed E-state index contributed by atoms with van der Waals surface area (Å²) in [7, 11) is 0. The van der Waals surface area contributed by atoms with Gasteiger partial charge >= 0.3 is 0 Å². The van der Waals surface area contributed by atoms with Crippen molar-refractivity contribution in [2.45, 2.75) is 44.1 Å². The van der Waals surface area contributed by atoms with Crippen molar-refractivity contribution in [3.63, 3.8) is 0 Å². The fourth-order valence-corrected chi connectivity index (χ4v) is 6.07. The fourth-order valence-electron chi connectivity index (χ4n) is 6.07. The van der Waals surface area contributed by atoms with Gasteiger partial charge in [0, 0.05) is 36.4 Å². The molecule has 1 saturated heterocycles. The molecule has 0 radical (unpaired) electrons. The van der Waals surface area contributed by atoms with E-state index in [0.29, 0.717) is 12.0 Å². The molecule has 0 bridgehead atoms. The van der Waals surface area contributed by atoms with Gasteiger partial charge in [-0.1, -0.05) is 66.7 Å². The van der Waals surface area contributed by atoms with E-state index in [4.69, 9.17) is 0 Å². The molecule has 3 aromatic rings. The second-order valence-corrected chi connectivity index (χ2v) is 9.21. The molecule has 6 rings (SSSR count). The van der Waals surface area contributed by atoms with Crippen molar-refractivity contribution in [3.05, 3.63) is 95.1 Å². The standard InChI is InChI=1S/C28H30N2/c1-2-8-21(9-3-1)10-7-18-29-19-17-27-25(20-29)24-13-6-12-23-16-15-22-11-4-5-14-26(22)30(27)28(23)24/h1-6,8-9,11-14,25,27H,7,10,15-20H2. The number of para-hydroxylation sites is 2. The summed E-state index contributed by atoms with van der Waals surface area (Å²) < 4.78 is 0. The van der Waals surface area contributed by atoms with E-state index in [1.54, 1.807) is 16.8 Å². The average molecular weight is 395 g/mol. The Morgan fingerprint density at radius 1 is 0.800 bits per heavy atom. The molecule has 0 amide bonds. The maximum Gasteiger partial charge on any atom is 0.0483 e. The lowest BCUT2D eigenvalue weighted by molar-refractivity contribution is 0.195. The molecular weight excluding hydrogens is 364 g/mol. The Kier molecular flexibility index (Phi) is 4.61. The van der Waals surface area contributed by atoms with Crippen LogP contribution in [0.5, 0.6) is 0 Å². The lowest BCUT2D eigenvalue weighted by Gasteiger charge is -2.39. The van der Waals surface area contributed by atoms with E-state index in [1.165, 1.54) is 55.7 Å². The van der Waals surface area contributed by atoms with Crippen LogP contribution >= 0.6 is 0 Å². The van der Waals surface area contributed by atoms with E-state index in [9.17, 15) is 0 Å². The molecule has 30 heavy (non-hydrogen) atoms. The van der Waals surface area contributed by atoms with Gasteiger partial charge in [0.2, 0.25) is 0 Å². The monoisotopic (exact) mass is 394 g/mol. The number of piperidine rings is 1. The first kappa shape index (κ1) is 18.2. The van der Waals surface area contributed by atoms with Crippen LogP contribution in [0.4, 0.5) is 11.4 Å². The number of likely N-dealkylation sites (tertiary alicyclic amines) is 1. The largest absolute Gasteiger partial charge is 0.337 e. The van der Waals surface area contributed by atoms with E-state index >= 15 is 0 Å². The smallest absolute Gasteiger partial charge is 0.0483 e. The molecule has 0 saturated carbocycles. The Bertz CT molecular complexity index is 1040. The number of hydrogen-bond acceptors (Lipinski definition) is 2. The summed E-state index contributed by atoms with van der Waals surface area (Å²) in [6, 6.07) is 27.8. The summed E-state index contributed by atoms with van der Waals surface area (Å²) in [6.07, 6.45) is 6.02. The van der Waals surface area contributed by atoms with Crippen LogP contribution in [0.2, 0.25) is 0 Å². The molecule has 0 spiro atoms. The normalized spacial score (nSPS) is 22.2. The highest BCUT2D eigenvalue weighted by Crippen LogP contribution is 2.52. The molecule has 0 N–H and O–H groups in total. The molecule has 152 valence electrons. The summed E-state index contributed by atoms with van der Waals surface area (Å²) >= 11 is 0. The van der Waals surface area contributed by atoms with E-state index in [0.717, 1.165) is 12.8 Å². The highest BCUT2D eigenvalue weighted by molar-refractivity contribution is 5.79. The molecule has 3 aliphatic heterocycles. The fraction of sp³-hybridized carbons (Fsp3) is 0.357. The van der Waals surface area contributed by atoms with E-state index in [2.05, 4.69) is 82.6 Å². The molecule has 2 nitrogen and oxygen atoms in total. The second kappa shape index (κ2) is 7.59. The molecule has 0 aromatic heterocycles. The van der Waals surface area contributed by atoms with Gasteiger partial charge in [0.1, 0.15) is 0 Å². The van der Waals surface area contributed by atoms with Gasteiger partial charge in [0.25, 0.3) is 0 Å². The van der Waals surface area contributed by atoms with E-state index in [-0.39, 0.29) is 0 Å². The molecule has 3 aliphatic rings. The summed E-state index contributed by atoms with van der Waals surface area (Å²) in [6.45, 7) is 3.64. The van der Waals surface area contributed by atoms with Crippen LogP contribution in [0.1, 0.15) is 41.0 Å². The number of benzene rings is 3. The zero-order valence-electron chi connectivity index (χ0n) is 17.6. The predicted octanol–water partition coefficient (Wildman–Crippen LogP) is 5.73. The van der Waals surface area contributed by atoms with Gasteiger partial charge in [-0.15, -0.1) is 0 Å². The zero-order chi connectivity index (χ0) is 19.9. The quantitative estimate of drug-likeness (QED) is 0.558. The first-order valence-corrected chi connectivity index (χ1v) is 11.6. The van der Waals surface area contributed by atoms with Gasteiger partial charge in [-0.05, 0) is 67.0 Å². The van der Waals surface area contributed by atoms with Crippen molar-refractivity contribution >= 4 is 11.4 Å². The second-order valence-electron chi connectivity index (χ2n) is 9.21. The Hall–Kier alpha value is -2.58. The van der Waals surface area contributed by atoms with Gasteiger partial charge in [-0.2, -0.15) is 0 Å². The molecule has 2 unspecified atom stereocenters. The van der Waals surface area contributed by atoms with Gasteiger partial charge in [0.15, 0.2) is 0 Å². The van der Waals surface area contributed by atoms with Crippen LogP contribution in [0.3, 0.4) is 0 Å². The van der Waals surface area contributed by atoms with Crippen molar-refractivity contribution in [1.29, 1.82) is 0 Å². The summed E-state index contributed by atoms with van der Waals surface area (Å²) in [5, 5.41) is 0. The third kappa shape index (κ3) is 3.06. The summed E-state index contributed by atoms with van der Waals surface area (Å²) in [5.41, 5.74) is 9.15. The van der Waals surface area contributed by atoms with Crippen molar-refractivity contribution in [1.82, 2.24) is 4.90 Å². The predicted molar refractivity (Wildman–Crippen MR) is 125 cm³/mol. The lowest BCUT2D eigenvalue weighted by Crippen LogP contribution is -2.45. The van der Waals surface area contributed by atoms with Crippen LogP contribution < -0.4 is 4.90 Å². The third-order valence-electron chi connectivity index (χ3n) is 7.48. The van der Waals surface area contributed by atoms with Crippen molar-refractivity contribution in [2.75, 3.05) is 24.5 Å². The summed E-state index contributed by atoms with van der Waals surface area (Å²) in [4.78, 5) is 5.46. The highest BCUT2D eigenvalue weighted by Gasteiger charge is 2.44. The molecule has 0 aliphatic carbocycles. The minimum atomic E-state index is 0.616. The van der Waals surface area contributed by atoms with Crippen LogP contribution in [0.25, 0.3) is 0 Å². The maximum atomic E-state index is 2.74. The van der Waals surface area contributed by atoms with E-state index in [1.807, 2.05) is 0 Å². The third-order valence-corrected chi connectivity index (χ3v) is 7.48. The molecular formula is C28H30N2. The topological polar surface area (TPSA) is 6.48 Å². The Morgan fingerprint density at radius 3 is 2.53 bits per heavy atom. The molecule has 2 heteroatoms. The van der Waals surface area contributed by atoms with Crippen molar-refractivity contribution in [3.8, 4) is 0 Å². The van der Waals surface area contributed by atoms with Crippen LogP contribution in [-0.4, -0.2) is 30.6 Å². The minimum absolute atomic E-state index is 0.616. The van der Waals surface area contributed by atoms with Gasteiger partial charge in [0.05, 0.1) is 0 Å². The zero-order valence-corrected chi connectivity index (χ0v) is 17.6. The molecule has 3 aromatic carbocycles. The van der Waals surface area contributed by atoms with Crippen LogP contribution in [0, 0.1) is 0 Å². The molecule has 2 atom stereocenters. The molecule has 3 heterocycles. The van der Waals surface area contributed by atoms with Gasteiger partial charge < -0.3 is 9.80 Å². The van der Waals surface area contributed by atoms with Crippen molar-refractivity contribution in [2.24, 2.45) is 0 Å². The Morgan fingerprint density at radius 2 is 1.60 bits per heavy atom. The summed E-state index contributed by atoms with van der Waals surface area (Å²) in [5.74, 6) is 0.636. The number of aryl methyl sites for hydroxylation is 3. The average Bonchev–Trinajstić information content (AvgIpc) is 3.02. The highest BCUT2D eigenvalue weighted by atomic mass is 15.2. The first-order chi connectivity index (χ1) is 14.9. The number of fused-ring (bicyclic) bond motifs is 5. The van der Waals surface area contributed by atoms with E-state index < -0.39 is 0 Å². The van der Waals surface area contributed by atoms with Gasteiger partial charge in [-0.25, -0.2) is 0 Å². The van der Waals surface area contributed by atoms with Crippen molar-refractivity contribution < 1.29 is 0 Å². The number of hydrogen-bond donors (Lipinski definition) is 0. The lowest BCUT2D eigenvalue weighted by atomic mass is 9.87. The number of rotatable bonds is 4. The molecule has 1 fully saturated rings. The number of anilines is 2. The van der Waals surface area contributed by atoms with Crippen LogP contribution in [-0.2, 0) is 19.3 Å². The van der Waals surface area contributed by atoms with Crippen LogP contribution in [0.15, 0.2) is 72.8 Å². The number of nitrogens with zero attached hydrogens (tertiary/aromatic N) is 2. The van der Waals surface area contributed by atoms with Gasteiger partial charge in [-0.3, -0.25) is 0 Å². The SMILES string of the molecule is c1ccc(CCCN2CCC3C(C2)c2cccc4c2N3c2ccccc2CC4)cc1. The Balaban J connectivity index is 1.25. The first-order valence-electron chi connectivity index (χ1n) is 11.6. The minimum Gasteiger partial charge on any atom is -0.337 e. The Labute approximate surface area is 180 Å². The maximum absolute atomic E-state index is 2.74.